The number of likely N-dealkylation sites (N-methyl/N-ethyl adjacent to an activating group) is 1. The van der Waals surface area contributed by atoms with Crippen molar-refractivity contribution >= 4 is 0 Å². The molecule has 0 aromatic carbocycles. The summed E-state index contributed by atoms with van der Waals surface area (Å²) in [5, 5.41) is 3.60. The van der Waals surface area contributed by atoms with E-state index >= 15 is 0 Å². The molecule has 1 heterocycles. The van der Waals surface area contributed by atoms with Crippen molar-refractivity contribution in [2.24, 2.45) is 0 Å². The standard InChI is InChI=1S/C10H20N2/c1-9-7-12(2)10(8-11-9)5-3-4-6-10/h9,11H,3-8H2,1-2H3/t9-/m0/s1. The van der Waals surface area contributed by atoms with Crippen molar-refractivity contribution < 1.29 is 0 Å². The molecule has 1 saturated carbocycles. The van der Waals surface area contributed by atoms with Crippen molar-refractivity contribution in [2.45, 2.75) is 44.2 Å². The maximum atomic E-state index is 3.60. The lowest BCUT2D eigenvalue weighted by atomic mass is 9.92. The maximum absolute atomic E-state index is 3.60. The lowest BCUT2D eigenvalue weighted by molar-refractivity contribution is 0.0733. The first-order chi connectivity index (χ1) is 5.73. The summed E-state index contributed by atoms with van der Waals surface area (Å²) < 4.78 is 0. The van der Waals surface area contributed by atoms with E-state index in [1.165, 1.54) is 38.8 Å². The van der Waals surface area contributed by atoms with E-state index in [1.54, 1.807) is 0 Å². The van der Waals surface area contributed by atoms with Gasteiger partial charge in [0.15, 0.2) is 0 Å². The molecule has 2 nitrogen and oxygen atoms in total. The summed E-state index contributed by atoms with van der Waals surface area (Å²) in [4.78, 5) is 2.58. The molecule has 2 aliphatic rings. The van der Waals surface area contributed by atoms with Crippen LogP contribution in [-0.4, -0.2) is 36.6 Å². The van der Waals surface area contributed by atoms with Crippen LogP contribution in [0, 0.1) is 0 Å². The zero-order chi connectivity index (χ0) is 8.60. The van der Waals surface area contributed by atoms with Gasteiger partial charge in [-0.1, -0.05) is 12.8 Å². The number of hydrogen-bond donors (Lipinski definition) is 1. The first-order valence-corrected chi connectivity index (χ1v) is 5.18. The topological polar surface area (TPSA) is 15.3 Å². The maximum Gasteiger partial charge on any atom is 0.0331 e. The Morgan fingerprint density at radius 2 is 2.00 bits per heavy atom. The molecular weight excluding hydrogens is 148 g/mol. The van der Waals surface area contributed by atoms with Crippen LogP contribution in [0.15, 0.2) is 0 Å². The van der Waals surface area contributed by atoms with E-state index in [4.69, 9.17) is 0 Å². The summed E-state index contributed by atoms with van der Waals surface area (Å²) in [5.41, 5.74) is 0.534. The molecular formula is C10H20N2. The summed E-state index contributed by atoms with van der Waals surface area (Å²) in [6.07, 6.45) is 5.67. The van der Waals surface area contributed by atoms with Crippen LogP contribution in [0.25, 0.3) is 0 Å². The van der Waals surface area contributed by atoms with Crippen LogP contribution >= 0.6 is 0 Å². The summed E-state index contributed by atoms with van der Waals surface area (Å²) in [5.74, 6) is 0. The highest BCUT2D eigenvalue weighted by Gasteiger charge is 2.40. The summed E-state index contributed by atoms with van der Waals surface area (Å²) in [6, 6.07) is 0.682. The molecule has 0 aromatic heterocycles. The van der Waals surface area contributed by atoms with Crippen molar-refractivity contribution in [3.05, 3.63) is 0 Å². The van der Waals surface area contributed by atoms with Crippen LogP contribution in [0.3, 0.4) is 0 Å². The first kappa shape index (κ1) is 8.52. The smallest absolute Gasteiger partial charge is 0.0331 e. The zero-order valence-corrected chi connectivity index (χ0v) is 8.27. The third-order valence-corrected chi connectivity index (χ3v) is 3.67. The third-order valence-electron chi connectivity index (χ3n) is 3.67. The predicted molar refractivity (Wildman–Crippen MR) is 51.3 cm³/mol. The largest absolute Gasteiger partial charge is 0.311 e. The van der Waals surface area contributed by atoms with Gasteiger partial charge in [0, 0.05) is 24.7 Å². The molecule has 1 aliphatic heterocycles. The Hall–Kier alpha value is -0.0800. The second-order valence-electron chi connectivity index (χ2n) is 4.59. The van der Waals surface area contributed by atoms with Gasteiger partial charge < -0.3 is 5.32 Å². The lowest BCUT2D eigenvalue weighted by Gasteiger charge is -2.45. The zero-order valence-electron chi connectivity index (χ0n) is 8.27. The number of rotatable bonds is 0. The van der Waals surface area contributed by atoms with Crippen LogP contribution in [0.1, 0.15) is 32.6 Å². The molecule has 1 aliphatic carbocycles. The van der Waals surface area contributed by atoms with Gasteiger partial charge in [0.2, 0.25) is 0 Å². The van der Waals surface area contributed by atoms with Crippen molar-refractivity contribution in [3.63, 3.8) is 0 Å². The molecule has 0 amide bonds. The van der Waals surface area contributed by atoms with Crippen LogP contribution in [0.2, 0.25) is 0 Å². The Morgan fingerprint density at radius 1 is 1.33 bits per heavy atom. The van der Waals surface area contributed by atoms with E-state index in [0.717, 1.165) is 0 Å². The molecule has 1 atom stereocenters. The minimum atomic E-state index is 0.534. The Kier molecular flexibility index (Phi) is 2.13. The SMILES string of the molecule is C[C@H]1CN(C)C2(CCCC2)CN1. The van der Waals surface area contributed by atoms with E-state index < -0.39 is 0 Å². The Labute approximate surface area is 75.3 Å². The highest BCUT2D eigenvalue weighted by molar-refractivity contribution is 4.99. The van der Waals surface area contributed by atoms with E-state index in [2.05, 4.69) is 24.2 Å². The van der Waals surface area contributed by atoms with Gasteiger partial charge in [-0.05, 0) is 26.8 Å². The Morgan fingerprint density at radius 3 is 2.58 bits per heavy atom. The van der Waals surface area contributed by atoms with Crippen LogP contribution in [-0.2, 0) is 0 Å². The molecule has 2 heteroatoms. The minimum absolute atomic E-state index is 0.534. The monoisotopic (exact) mass is 168 g/mol. The van der Waals surface area contributed by atoms with Gasteiger partial charge in [-0.3, -0.25) is 4.90 Å². The van der Waals surface area contributed by atoms with Gasteiger partial charge in [-0.2, -0.15) is 0 Å². The van der Waals surface area contributed by atoms with Crippen LogP contribution < -0.4 is 5.32 Å². The van der Waals surface area contributed by atoms with Crippen LogP contribution in [0.4, 0.5) is 0 Å². The average Bonchev–Trinajstić information content (AvgIpc) is 2.48. The number of nitrogens with one attached hydrogen (secondary N) is 1. The molecule has 0 bridgehead atoms. The second kappa shape index (κ2) is 3.00. The number of piperazine rings is 1. The highest BCUT2D eigenvalue weighted by Crippen LogP contribution is 2.35. The van der Waals surface area contributed by atoms with E-state index in [9.17, 15) is 0 Å². The van der Waals surface area contributed by atoms with Gasteiger partial charge >= 0.3 is 0 Å². The Balaban J connectivity index is 2.05. The fourth-order valence-electron chi connectivity index (χ4n) is 2.76. The second-order valence-corrected chi connectivity index (χ2v) is 4.59. The number of hydrogen-bond acceptors (Lipinski definition) is 2. The molecule has 70 valence electrons. The molecule has 2 fully saturated rings. The summed E-state index contributed by atoms with van der Waals surface area (Å²) in [7, 11) is 2.29. The molecule has 0 aromatic rings. The fraction of sp³-hybridized carbons (Fsp3) is 1.00. The van der Waals surface area contributed by atoms with E-state index in [0.29, 0.717) is 11.6 Å². The van der Waals surface area contributed by atoms with Crippen molar-refractivity contribution in [2.75, 3.05) is 20.1 Å². The number of nitrogens with zero attached hydrogens (tertiary/aromatic N) is 1. The molecule has 2 rings (SSSR count). The van der Waals surface area contributed by atoms with Crippen LogP contribution in [0.5, 0.6) is 0 Å². The van der Waals surface area contributed by atoms with Gasteiger partial charge in [0.05, 0.1) is 0 Å². The Bertz CT molecular complexity index is 161. The first-order valence-electron chi connectivity index (χ1n) is 5.18. The molecule has 1 saturated heterocycles. The van der Waals surface area contributed by atoms with Crippen molar-refractivity contribution in [3.8, 4) is 0 Å². The van der Waals surface area contributed by atoms with Gasteiger partial charge in [-0.15, -0.1) is 0 Å². The molecule has 0 unspecified atom stereocenters. The van der Waals surface area contributed by atoms with Gasteiger partial charge in [0.25, 0.3) is 0 Å². The third kappa shape index (κ3) is 1.27. The van der Waals surface area contributed by atoms with Gasteiger partial charge in [-0.25, -0.2) is 0 Å². The molecule has 1 N–H and O–H groups in total. The lowest BCUT2D eigenvalue weighted by Crippen LogP contribution is -2.61. The average molecular weight is 168 g/mol. The molecule has 12 heavy (non-hydrogen) atoms. The quantitative estimate of drug-likeness (QED) is 0.585. The molecule has 1 spiro atoms. The minimum Gasteiger partial charge on any atom is -0.311 e. The normalized spacial score (nSPS) is 36.0. The fourth-order valence-corrected chi connectivity index (χ4v) is 2.76. The summed E-state index contributed by atoms with van der Waals surface area (Å²) in [6.45, 7) is 4.71. The van der Waals surface area contributed by atoms with Crippen molar-refractivity contribution in [1.82, 2.24) is 10.2 Å². The predicted octanol–water partition coefficient (Wildman–Crippen LogP) is 1.22. The van der Waals surface area contributed by atoms with Gasteiger partial charge in [0.1, 0.15) is 0 Å². The highest BCUT2D eigenvalue weighted by atomic mass is 15.3. The van der Waals surface area contributed by atoms with E-state index in [-0.39, 0.29) is 0 Å². The van der Waals surface area contributed by atoms with Crippen molar-refractivity contribution in [1.29, 1.82) is 0 Å². The van der Waals surface area contributed by atoms with E-state index in [1.807, 2.05) is 0 Å². The summed E-state index contributed by atoms with van der Waals surface area (Å²) >= 11 is 0. The molecule has 0 radical (unpaired) electrons.